The Morgan fingerprint density at radius 1 is 0.867 bits per heavy atom. The van der Waals surface area contributed by atoms with E-state index in [1.165, 1.54) is 5.56 Å². The first kappa shape index (κ1) is 19.7. The highest BCUT2D eigenvalue weighted by molar-refractivity contribution is 5.13. The van der Waals surface area contributed by atoms with Gasteiger partial charge in [0.05, 0.1) is 0 Å². The van der Waals surface area contributed by atoms with E-state index in [2.05, 4.69) is 35.9 Å². The summed E-state index contributed by atoms with van der Waals surface area (Å²) in [7, 11) is 3.25. The van der Waals surface area contributed by atoms with Crippen LogP contribution in [0, 0.1) is 0 Å². The first-order valence-electron chi connectivity index (χ1n) is 5.79. The van der Waals surface area contributed by atoms with Crippen LogP contribution in [0.5, 0.6) is 0 Å². The van der Waals surface area contributed by atoms with Crippen molar-refractivity contribution in [3.05, 3.63) is 35.9 Å². The van der Waals surface area contributed by atoms with Crippen LogP contribution in [0.3, 0.4) is 0 Å². The van der Waals surface area contributed by atoms with Gasteiger partial charge in [-0.1, -0.05) is 65.0 Å². The van der Waals surface area contributed by atoms with E-state index < -0.39 is 0 Å². The fourth-order valence-corrected chi connectivity index (χ4v) is 0.714. The van der Waals surface area contributed by atoms with Gasteiger partial charge in [0.1, 0.15) is 0 Å². The van der Waals surface area contributed by atoms with Crippen molar-refractivity contribution in [1.29, 1.82) is 0 Å². The summed E-state index contributed by atoms with van der Waals surface area (Å²) in [5, 5.41) is 0. The van der Waals surface area contributed by atoms with Crippen molar-refractivity contribution in [3.8, 4) is 0 Å². The van der Waals surface area contributed by atoms with Gasteiger partial charge in [0.15, 0.2) is 0 Å². The number of hydrogen-bond acceptors (Lipinski definition) is 1. The summed E-state index contributed by atoms with van der Waals surface area (Å²) in [5.41, 5.74) is 1.41. The molecule has 0 radical (unpaired) electrons. The normalized spacial score (nSPS) is 6.87. The molecule has 0 aliphatic carbocycles. The Morgan fingerprint density at radius 3 is 1.40 bits per heavy atom. The van der Waals surface area contributed by atoms with Gasteiger partial charge in [-0.05, 0) is 12.0 Å². The van der Waals surface area contributed by atoms with E-state index in [1.54, 1.807) is 14.2 Å². The fourth-order valence-electron chi connectivity index (χ4n) is 0.714. The SMILES string of the molecule is CC.CC.CCc1ccccc1.COC. The lowest BCUT2D eigenvalue weighted by Gasteiger charge is -1.89. The smallest absolute Gasteiger partial charge is 0.0351 e. The third kappa shape index (κ3) is 19.5. The molecule has 0 unspecified atom stereocenters. The fraction of sp³-hybridized carbons (Fsp3) is 0.571. The Kier molecular flexibility index (Phi) is 30.5. The molecule has 0 amide bonds. The van der Waals surface area contributed by atoms with E-state index in [0.29, 0.717) is 0 Å². The number of methoxy groups -OCH3 is 1. The van der Waals surface area contributed by atoms with Crippen LogP contribution in [0.15, 0.2) is 30.3 Å². The van der Waals surface area contributed by atoms with Crippen LogP contribution < -0.4 is 0 Å². The molecule has 0 atom stereocenters. The van der Waals surface area contributed by atoms with Crippen molar-refractivity contribution in [3.63, 3.8) is 0 Å². The Hall–Kier alpha value is -0.820. The van der Waals surface area contributed by atoms with E-state index in [9.17, 15) is 0 Å². The first-order valence-corrected chi connectivity index (χ1v) is 5.79. The summed E-state index contributed by atoms with van der Waals surface area (Å²) in [6, 6.07) is 10.5. The highest BCUT2D eigenvalue weighted by atomic mass is 16.4. The van der Waals surface area contributed by atoms with E-state index >= 15 is 0 Å². The topological polar surface area (TPSA) is 9.23 Å². The van der Waals surface area contributed by atoms with Crippen molar-refractivity contribution < 1.29 is 4.74 Å². The van der Waals surface area contributed by atoms with Gasteiger partial charge in [-0.25, -0.2) is 0 Å². The molecule has 1 heteroatoms. The van der Waals surface area contributed by atoms with Crippen molar-refractivity contribution in [2.75, 3.05) is 14.2 Å². The zero-order chi connectivity index (χ0) is 12.5. The minimum atomic E-state index is 1.14. The van der Waals surface area contributed by atoms with E-state index in [4.69, 9.17) is 0 Å². The highest BCUT2D eigenvalue weighted by Gasteiger charge is 1.79. The molecule has 1 aromatic rings. The van der Waals surface area contributed by atoms with Crippen molar-refractivity contribution in [2.45, 2.75) is 41.0 Å². The second-order valence-corrected chi connectivity index (χ2v) is 2.25. The van der Waals surface area contributed by atoms with Gasteiger partial charge in [0, 0.05) is 14.2 Å². The third-order valence-electron chi connectivity index (χ3n) is 1.25. The Balaban J connectivity index is -0.000000176. The minimum Gasteiger partial charge on any atom is -0.388 e. The number of hydrogen-bond donors (Lipinski definition) is 0. The number of benzene rings is 1. The average Bonchev–Trinajstić information content (AvgIpc) is 2.36. The summed E-state index contributed by atoms with van der Waals surface area (Å²) in [5.74, 6) is 0. The molecule has 0 heterocycles. The predicted molar refractivity (Wildman–Crippen MR) is 71.4 cm³/mol. The van der Waals surface area contributed by atoms with Crippen LogP contribution in [0.4, 0.5) is 0 Å². The molecule has 0 N–H and O–H groups in total. The number of rotatable bonds is 1. The average molecular weight is 212 g/mol. The van der Waals surface area contributed by atoms with Crippen LogP contribution in [0.1, 0.15) is 40.2 Å². The standard InChI is InChI=1S/C8H10.C2H6O.2C2H6/c1-2-8-6-4-3-5-7-8;1-3-2;2*1-2/h3-7H,2H2,1H3;1-2H3;2*1-2H3. The number of aryl methyl sites for hydroxylation is 1. The second kappa shape index (κ2) is 23.2. The molecule has 1 aromatic carbocycles. The van der Waals surface area contributed by atoms with Crippen LogP contribution >= 0.6 is 0 Å². The molecule has 0 saturated carbocycles. The van der Waals surface area contributed by atoms with Gasteiger partial charge in [-0.15, -0.1) is 0 Å². The lowest BCUT2D eigenvalue weighted by atomic mass is 10.2. The molecule has 0 aliphatic heterocycles. The summed E-state index contributed by atoms with van der Waals surface area (Å²) in [6.45, 7) is 10.2. The van der Waals surface area contributed by atoms with Gasteiger partial charge >= 0.3 is 0 Å². The molecule has 1 nitrogen and oxygen atoms in total. The molecule has 90 valence electrons. The lowest BCUT2D eigenvalue weighted by Crippen LogP contribution is -1.73. The Morgan fingerprint density at radius 2 is 1.20 bits per heavy atom. The molecule has 15 heavy (non-hydrogen) atoms. The van der Waals surface area contributed by atoms with Crippen molar-refractivity contribution >= 4 is 0 Å². The molecule has 0 bridgehead atoms. The van der Waals surface area contributed by atoms with Gasteiger partial charge in [0.25, 0.3) is 0 Å². The molecule has 1 rings (SSSR count). The zero-order valence-corrected chi connectivity index (χ0v) is 11.5. The summed E-state index contributed by atoms with van der Waals surface area (Å²) >= 11 is 0. The minimum absolute atomic E-state index is 1.14. The molecule has 0 aliphatic rings. The molecule has 0 aromatic heterocycles. The summed E-state index contributed by atoms with van der Waals surface area (Å²) in [4.78, 5) is 0. The maximum absolute atomic E-state index is 4.25. The third-order valence-corrected chi connectivity index (χ3v) is 1.25. The van der Waals surface area contributed by atoms with Crippen molar-refractivity contribution in [2.24, 2.45) is 0 Å². The van der Waals surface area contributed by atoms with Gasteiger partial charge in [-0.3, -0.25) is 0 Å². The Labute approximate surface area is 96.5 Å². The van der Waals surface area contributed by atoms with Gasteiger partial charge in [-0.2, -0.15) is 0 Å². The maximum Gasteiger partial charge on any atom is 0.0351 e. The quantitative estimate of drug-likeness (QED) is 0.663. The van der Waals surface area contributed by atoms with Crippen LogP contribution in [0.2, 0.25) is 0 Å². The largest absolute Gasteiger partial charge is 0.388 e. The summed E-state index contributed by atoms with van der Waals surface area (Å²) < 4.78 is 4.25. The molecule has 0 spiro atoms. The van der Waals surface area contributed by atoms with Crippen molar-refractivity contribution in [1.82, 2.24) is 0 Å². The molecular weight excluding hydrogens is 184 g/mol. The molecular formula is C14H28O. The van der Waals surface area contributed by atoms with E-state index in [1.807, 2.05) is 33.8 Å². The van der Waals surface area contributed by atoms with Crippen LogP contribution in [0.25, 0.3) is 0 Å². The highest BCUT2D eigenvalue weighted by Crippen LogP contribution is 1.96. The lowest BCUT2D eigenvalue weighted by molar-refractivity contribution is 0.277. The maximum atomic E-state index is 4.25. The zero-order valence-electron chi connectivity index (χ0n) is 11.5. The number of ether oxygens (including phenoxy) is 1. The van der Waals surface area contributed by atoms with Crippen LogP contribution in [-0.4, -0.2) is 14.2 Å². The Bertz CT molecular complexity index is 158. The predicted octanol–water partition coefficient (Wildman–Crippen LogP) is 4.56. The van der Waals surface area contributed by atoms with E-state index in [-0.39, 0.29) is 0 Å². The van der Waals surface area contributed by atoms with Gasteiger partial charge < -0.3 is 4.74 Å². The van der Waals surface area contributed by atoms with Gasteiger partial charge in [0.2, 0.25) is 0 Å². The van der Waals surface area contributed by atoms with E-state index in [0.717, 1.165) is 6.42 Å². The second-order valence-electron chi connectivity index (χ2n) is 2.25. The molecule has 0 fully saturated rings. The first-order chi connectivity index (χ1) is 7.35. The van der Waals surface area contributed by atoms with Crippen LogP contribution in [-0.2, 0) is 11.2 Å². The monoisotopic (exact) mass is 212 g/mol. The summed E-state index contributed by atoms with van der Waals surface area (Å²) in [6.07, 6.45) is 1.14. The molecule has 0 saturated heterocycles.